The van der Waals surface area contributed by atoms with E-state index >= 15 is 0 Å². The van der Waals surface area contributed by atoms with Gasteiger partial charge in [0.05, 0.1) is 5.60 Å². The van der Waals surface area contributed by atoms with Crippen LogP contribution in [0, 0.1) is 0 Å². The molecule has 1 unspecified atom stereocenters. The zero-order valence-corrected chi connectivity index (χ0v) is 6.82. The predicted octanol–water partition coefficient (Wildman–Crippen LogP) is 0.705. The molecule has 0 saturated carbocycles. The van der Waals surface area contributed by atoms with Gasteiger partial charge in [-0.05, 0) is 20.8 Å². The maximum Gasteiger partial charge on any atom is 0.102 e. The van der Waals surface area contributed by atoms with E-state index in [-0.39, 0.29) is 12.7 Å². The SMILES string of the molecule is CC(NCCF)C(C)(C)O. The van der Waals surface area contributed by atoms with E-state index in [1.54, 1.807) is 13.8 Å². The Balaban J connectivity index is 3.52. The number of rotatable bonds is 4. The Morgan fingerprint density at radius 3 is 2.40 bits per heavy atom. The summed E-state index contributed by atoms with van der Waals surface area (Å²) < 4.78 is 11.6. The Morgan fingerprint density at radius 1 is 1.60 bits per heavy atom. The highest BCUT2D eigenvalue weighted by Crippen LogP contribution is 2.06. The number of hydrogen-bond donors (Lipinski definition) is 2. The Hall–Kier alpha value is -0.150. The van der Waals surface area contributed by atoms with Crippen molar-refractivity contribution in [1.82, 2.24) is 5.32 Å². The number of halogens is 1. The molecule has 0 aliphatic rings. The second-order valence-electron chi connectivity index (χ2n) is 3.02. The van der Waals surface area contributed by atoms with Gasteiger partial charge < -0.3 is 10.4 Å². The quantitative estimate of drug-likeness (QED) is 0.617. The minimum Gasteiger partial charge on any atom is -0.389 e. The van der Waals surface area contributed by atoms with Crippen LogP contribution < -0.4 is 5.32 Å². The van der Waals surface area contributed by atoms with Crippen LogP contribution >= 0.6 is 0 Å². The molecule has 2 nitrogen and oxygen atoms in total. The summed E-state index contributed by atoms with van der Waals surface area (Å²) in [5.74, 6) is 0. The molecule has 2 N–H and O–H groups in total. The molecule has 0 bridgehead atoms. The molecule has 1 atom stereocenters. The number of hydrogen-bond acceptors (Lipinski definition) is 2. The second kappa shape index (κ2) is 3.88. The molecule has 0 heterocycles. The first-order valence-corrected chi connectivity index (χ1v) is 3.50. The summed E-state index contributed by atoms with van der Waals surface area (Å²) >= 11 is 0. The molecule has 0 aliphatic heterocycles. The van der Waals surface area contributed by atoms with E-state index in [4.69, 9.17) is 0 Å². The van der Waals surface area contributed by atoms with E-state index < -0.39 is 5.60 Å². The third-order valence-corrected chi connectivity index (χ3v) is 1.60. The largest absolute Gasteiger partial charge is 0.389 e. The molecular formula is C7H16FNO. The van der Waals surface area contributed by atoms with Crippen LogP contribution in [0.2, 0.25) is 0 Å². The Labute approximate surface area is 61.4 Å². The van der Waals surface area contributed by atoms with Gasteiger partial charge in [-0.1, -0.05) is 0 Å². The van der Waals surface area contributed by atoms with Crippen LogP contribution in [0.3, 0.4) is 0 Å². The average Bonchev–Trinajstić information content (AvgIpc) is 1.80. The first kappa shape index (κ1) is 9.85. The molecule has 0 aliphatic carbocycles. The third-order valence-electron chi connectivity index (χ3n) is 1.60. The van der Waals surface area contributed by atoms with Gasteiger partial charge in [0.2, 0.25) is 0 Å². The summed E-state index contributed by atoms with van der Waals surface area (Å²) in [5.41, 5.74) is -0.769. The summed E-state index contributed by atoms with van der Waals surface area (Å²) in [4.78, 5) is 0. The molecule has 3 heteroatoms. The highest BCUT2D eigenvalue weighted by Gasteiger charge is 2.20. The summed E-state index contributed by atoms with van der Waals surface area (Å²) in [6.07, 6.45) is 0. The van der Waals surface area contributed by atoms with Crippen molar-refractivity contribution in [3.63, 3.8) is 0 Å². The van der Waals surface area contributed by atoms with E-state index in [1.165, 1.54) is 0 Å². The number of alkyl halides is 1. The van der Waals surface area contributed by atoms with E-state index in [0.29, 0.717) is 6.54 Å². The minimum absolute atomic E-state index is 0.0664. The molecule has 10 heavy (non-hydrogen) atoms. The molecule has 0 fully saturated rings. The number of nitrogens with one attached hydrogen (secondary N) is 1. The van der Waals surface area contributed by atoms with E-state index in [9.17, 15) is 9.50 Å². The first-order valence-electron chi connectivity index (χ1n) is 3.50. The topological polar surface area (TPSA) is 32.3 Å². The molecule has 0 saturated heterocycles. The summed E-state index contributed by atoms with van der Waals surface area (Å²) in [7, 11) is 0. The second-order valence-corrected chi connectivity index (χ2v) is 3.02. The van der Waals surface area contributed by atoms with Crippen LogP contribution in [0.1, 0.15) is 20.8 Å². The standard InChI is InChI=1S/C7H16FNO/c1-6(7(2,3)10)9-5-4-8/h6,9-10H,4-5H2,1-3H3. The van der Waals surface area contributed by atoms with Crippen LogP contribution in [0.15, 0.2) is 0 Å². The summed E-state index contributed by atoms with van der Waals surface area (Å²) in [6.45, 7) is 5.15. The van der Waals surface area contributed by atoms with Gasteiger partial charge in [0.1, 0.15) is 6.67 Å². The smallest absolute Gasteiger partial charge is 0.102 e. The lowest BCUT2D eigenvalue weighted by molar-refractivity contribution is 0.0440. The average molecular weight is 149 g/mol. The van der Waals surface area contributed by atoms with Crippen molar-refractivity contribution < 1.29 is 9.50 Å². The van der Waals surface area contributed by atoms with Crippen LogP contribution in [0.25, 0.3) is 0 Å². The highest BCUT2D eigenvalue weighted by atomic mass is 19.1. The molecule has 0 aromatic heterocycles. The third kappa shape index (κ3) is 3.80. The molecule has 62 valence electrons. The lowest BCUT2D eigenvalue weighted by atomic mass is 10.0. The van der Waals surface area contributed by atoms with Crippen molar-refractivity contribution in [3.8, 4) is 0 Å². The van der Waals surface area contributed by atoms with Crippen molar-refractivity contribution in [1.29, 1.82) is 0 Å². The van der Waals surface area contributed by atoms with Crippen molar-refractivity contribution in [2.75, 3.05) is 13.2 Å². The monoisotopic (exact) mass is 149 g/mol. The Morgan fingerprint density at radius 2 is 2.10 bits per heavy atom. The Kier molecular flexibility index (Phi) is 3.83. The molecule has 0 spiro atoms. The van der Waals surface area contributed by atoms with Crippen molar-refractivity contribution in [3.05, 3.63) is 0 Å². The highest BCUT2D eigenvalue weighted by molar-refractivity contribution is 4.78. The zero-order valence-electron chi connectivity index (χ0n) is 6.82. The van der Waals surface area contributed by atoms with Gasteiger partial charge in [-0.25, -0.2) is 4.39 Å². The maximum absolute atomic E-state index is 11.6. The molecule has 0 aromatic rings. The van der Waals surface area contributed by atoms with Gasteiger partial charge in [0.25, 0.3) is 0 Å². The zero-order chi connectivity index (χ0) is 8.20. The van der Waals surface area contributed by atoms with Crippen LogP contribution in [-0.2, 0) is 0 Å². The van der Waals surface area contributed by atoms with Crippen molar-refractivity contribution in [2.24, 2.45) is 0 Å². The van der Waals surface area contributed by atoms with Gasteiger partial charge >= 0.3 is 0 Å². The number of aliphatic hydroxyl groups is 1. The minimum atomic E-state index is -0.769. The van der Waals surface area contributed by atoms with E-state index in [1.807, 2.05) is 6.92 Å². The van der Waals surface area contributed by atoms with Crippen LogP contribution in [-0.4, -0.2) is 30.0 Å². The first-order chi connectivity index (χ1) is 4.48. The van der Waals surface area contributed by atoms with Gasteiger partial charge in [-0.15, -0.1) is 0 Å². The fourth-order valence-electron chi connectivity index (χ4n) is 0.521. The normalized spacial score (nSPS) is 15.3. The fourth-order valence-corrected chi connectivity index (χ4v) is 0.521. The molecular weight excluding hydrogens is 133 g/mol. The van der Waals surface area contributed by atoms with Crippen LogP contribution in [0.4, 0.5) is 4.39 Å². The lowest BCUT2D eigenvalue weighted by Gasteiger charge is -2.26. The predicted molar refractivity (Wildman–Crippen MR) is 39.7 cm³/mol. The Bertz CT molecular complexity index is 90.1. The van der Waals surface area contributed by atoms with Gasteiger partial charge in [0, 0.05) is 12.6 Å². The summed E-state index contributed by atoms with van der Waals surface area (Å²) in [6, 6.07) is -0.0664. The summed E-state index contributed by atoms with van der Waals surface area (Å²) in [5, 5.41) is 12.2. The van der Waals surface area contributed by atoms with E-state index in [2.05, 4.69) is 5.32 Å². The van der Waals surface area contributed by atoms with Crippen molar-refractivity contribution in [2.45, 2.75) is 32.4 Å². The van der Waals surface area contributed by atoms with Crippen LogP contribution in [0.5, 0.6) is 0 Å². The van der Waals surface area contributed by atoms with Gasteiger partial charge in [0.15, 0.2) is 0 Å². The molecule has 0 rings (SSSR count). The lowest BCUT2D eigenvalue weighted by Crippen LogP contribution is -2.45. The fraction of sp³-hybridized carbons (Fsp3) is 1.00. The van der Waals surface area contributed by atoms with Gasteiger partial charge in [-0.2, -0.15) is 0 Å². The van der Waals surface area contributed by atoms with Crippen molar-refractivity contribution >= 4 is 0 Å². The molecule has 0 aromatic carbocycles. The maximum atomic E-state index is 11.6. The van der Waals surface area contributed by atoms with Gasteiger partial charge in [-0.3, -0.25) is 0 Å². The molecule has 0 radical (unpaired) electrons. The van der Waals surface area contributed by atoms with E-state index in [0.717, 1.165) is 0 Å². The molecule has 0 amide bonds.